The van der Waals surface area contributed by atoms with Gasteiger partial charge in [0.15, 0.2) is 6.10 Å². The summed E-state index contributed by atoms with van der Waals surface area (Å²) in [6.07, 6.45) is -0.735. The fourth-order valence-electron chi connectivity index (χ4n) is 1.64. The molecule has 2 atom stereocenters. The second kappa shape index (κ2) is 4.75. The van der Waals surface area contributed by atoms with E-state index in [1.165, 1.54) is 0 Å². The molecule has 0 amide bonds. The summed E-state index contributed by atoms with van der Waals surface area (Å²) in [5, 5.41) is 0. The molecule has 0 spiro atoms. The first-order chi connectivity index (χ1) is 8.11. The summed E-state index contributed by atoms with van der Waals surface area (Å²) in [5.41, 5.74) is 0.969. The molecule has 17 heavy (non-hydrogen) atoms. The molecule has 0 radical (unpaired) electrons. The van der Waals surface area contributed by atoms with Crippen LogP contribution in [0.5, 0.6) is 5.75 Å². The fourth-order valence-corrected chi connectivity index (χ4v) is 1.64. The first-order valence-corrected chi connectivity index (χ1v) is 5.61. The van der Waals surface area contributed by atoms with Gasteiger partial charge in [-0.2, -0.15) is 0 Å². The molecule has 1 saturated heterocycles. The van der Waals surface area contributed by atoms with E-state index >= 15 is 0 Å². The molecule has 1 heterocycles. The zero-order valence-electron chi connectivity index (χ0n) is 10.2. The topological polar surface area (TPSA) is 48.1 Å². The van der Waals surface area contributed by atoms with Crippen LogP contribution in [0.4, 0.5) is 0 Å². The number of rotatable bonds is 4. The fraction of sp³-hybridized carbons (Fsp3) is 0.462. The van der Waals surface area contributed by atoms with Gasteiger partial charge in [-0.25, -0.2) is 4.79 Å². The summed E-state index contributed by atoms with van der Waals surface area (Å²) < 4.78 is 15.5. The van der Waals surface area contributed by atoms with Crippen molar-refractivity contribution in [3.8, 4) is 5.75 Å². The lowest BCUT2D eigenvalue weighted by molar-refractivity contribution is -0.148. The summed E-state index contributed by atoms with van der Waals surface area (Å²) in [4.78, 5) is 11.6. The highest BCUT2D eigenvalue weighted by Crippen LogP contribution is 2.40. The minimum absolute atomic E-state index is 0.108. The molecule has 2 rings (SSSR count). The number of epoxide rings is 1. The van der Waals surface area contributed by atoms with Gasteiger partial charge in [0.05, 0.1) is 13.2 Å². The van der Waals surface area contributed by atoms with Gasteiger partial charge in [0, 0.05) is 0 Å². The van der Waals surface area contributed by atoms with Crippen molar-refractivity contribution in [1.29, 1.82) is 0 Å². The third-order valence-electron chi connectivity index (χ3n) is 2.52. The predicted molar refractivity (Wildman–Crippen MR) is 61.8 cm³/mol. The third kappa shape index (κ3) is 2.77. The molecule has 0 saturated carbocycles. The largest absolute Gasteiger partial charge is 0.497 e. The average molecular weight is 236 g/mol. The molecule has 0 bridgehead atoms. The molecule has 0 N–H and O–H groups in total. The Morgan fingerprint density at radius 2 is 1.94 bits per heavy atom. The number of benzene rings is 1. The maximum absolute atomic E-state index is 11.6. The first-order valence-electron chi connectivity index (χ1n) is 5.61. The molecule has 92 valence electrons. The van der Waals surface area contributed by atoms with Crippen molar-refractivity contribution in [3.05, 3.63) is 29.8 Å². The highest BCUT2D eigenvalue weighted by molar-refractivity contribution is 5.78. The average Bonchev–Trinajstić information content (AvgIpc) is 3.08. The van der Waals surface area contributed by atoms with Gasteiger partial charge in [0.25, 0.3) is 0 Å². The van der Waals surface area contributed by atoms with Crippen LogP contribution in [0.3, 0.4) is 0 Å². The molecule has 4 heteroatoms. The van der Waals surface area contributed by atoms with Gasteiger partial charge in [-0.15, -0.1) is 0 Å². The maximum atomic E-state index is 11.6. The van der Waals surface area contributed by atoms with Crippen molar-refractivity contribution < 1.29 is 19.0 Å². The van der Waals surface area contributed by atoms with Gasteiger partial charge in [0.2, 0.25) is 0 Å². The Labute approximate surface area is 100 Å². The summed E-state index contributed by atoms with van der Waals surface area (Å²) in [5.74, 6) is 0.497. The minimum Gasteiger partial charge on any atom is -0.497 e. The van der Waals surface area contributed by atoms with Crippen LogP contribution in [-0.4, -0.2) is 25.3 Å². The molecule has 4 nitrogen and oxygen atoms in total. The number of carbonyl (C=O) groups excluding carboxylic acids is 1. The van der Waals surface area contributed by atoms with Crippen LogP contribution in [0, 0.1) is 0 Å². The van der Waals surface area contributed by atoms with Crippen LogP contribution in [-0.2, 0) is 14.3 Å². The molecular formula is C13H16O4. The van der Waals surface area contributed by atoms with E-state index in [1.54, 1.807) is 7.11 Å². The number of ether oxygens (including phenoxy) is 3. The number of hydrogen-bond acceptors (Lipinski definition) is 4. The van der Waals surface area contributed by atoms with E-state index in [0.717, 1.165) is 11.3 Å². The van der Waals surface area contributed by atoms with Gasteiger partial charge >= 0.3 is 5.97 Å². The van der Waals surface area contributed by atoms with Crippen molar-refractivity contribution in [2.75, 3.05) is 7.11 Å². The molecule has 1 aromatic rings. The molecule has 0 aliphatic carbocycles. The Morgan fingerprint density at radius 3 is 2.47 bits per heavy atom. The normalized spacial score (nSPS) is 22.4. The number of esters is 1. The molecular weight excluding hydrogens is 220 g/mol. The van der Waals surface area contributed by atoms with E-state index in [2.05, 4.69) is 0 Å². The van der Waals surface area contributed by atoms with E-state index in [4.69, 9.17) is 14.2 Å². The van der Waals surface area contributed by atoms with Crippen molar-refractivity contribution in [2.45, 2.75) is 32.2 Å². The molecule has 0 aromatic heterocycles. The lowest BCUT2D eigenvalue weighted by Crippen LogP contribution is -2.17. The summed E-state index contributed by atoms with van der Waals surface area (Å²) in [6.45, 7) is 3.64. The highest BCUT2D eigenvalue weighted by atomic mass is 16.6. The van der Waals surface area contributed by atoms with E-state index < -0.39 is 6.10 Å². The second-order valence-corrected chi connectivity index (χ2v) is 4.24. The van der Waals surface area contributed by atoms with Crippen molar-refractivity contribution in [1.82, 2.24) is 0 Å². The quantitative estimate of drug-likeness (QED) is 0.593. The van der Waals surface area contributed by atoms with Gasteiger partial charge in [-0.1, -0.05) is 12.1 Å². The second-order valence-electron chi connectivity index (χ2n) is 4.24. The van der Waals surface area contributed by atoms with Gasteiger partial charge < -0.3 is 14.2 Å². The first kappa shape index (κ1) is 11.9. The van der Waals surface area contributed by atoms with Gasteiger partial charge in [-0.05, 0) is 31.5 Å². The monoisotopic (exact) mass is 236 g/mol. The lowest BCUT2D eigenvalue weighted by Gasteiger charge is -2.05. The SMILES string of the molecule is COc1ccc([C@@H]2O[C@H]2C(=O)OC(C)C)cc1. The Kier molecular flexibility index (Phi) is 3.33. The van der Waals surface area contributed by atoms with Crippen LogP contribution in [0.15, 0.2) is 24.3 Å². The molecule has 1 aromatic carbocycles. The van der Waals surface area contributed by atoms with Crippen molar-refractivity contribution >= 4 is 5.97 Å². The van der Waals surface area contributed by atoms with E-state index in [1.807, 2.05) is 38.1 Å². The zero-order chi connectivity index (χ0) is 12.4. The van der Waals surface area contributed by atoms with Crippen LogP contribution in [0.1, 0.15) is 25.5 Å². The summed E-state index contributed by atoms with van der Waals surface area (Å²) in [6, 6.07) is 7.49. The van der Waals surface area contributed by atoms with Crippen LogP contribution in [0.25, 0.3) is 0 Å². The molecule has 1 aliphatic rings. The standard InChI is InChI=1S/C13H16O4/c1-8(2)16-13(14)12-11(17-12)9-4-6-10(15-3)7-5-9/h4-8,11-12H,1-3H3/t11-,12+/m0/s1. The zero-order valence-corrected chi connectivity index (χ0v) is 10.2. The Hall–Kier alpha value is -1.55. The van der Waals surface area contributed by atoms with E-state index in [9.17, 15) is 4.79 Å². The number of hydrogen-bond donors (Lipinski definition) is 0. The molecule has 1 aliphatic heterocycles. The lowest BCUT2D eigenvalue weighted by atomic mass is 10.1. The maximum Gasteiger partial charge on any atom is 0.338 e. The van der Waals surface area contributed by atoms with E-state index in [0.29, 0.717) is 0 Å². The minimum atomic E-state index is -0.453. The smallest absolute Gasteiger partial charge is 0.338 e. The number of carbonyl (C=O) groups is 1. The van der Waals surface area contributed by atoms with Crippen LogP contribution >= 0.6 is 0 Å². The third-order valence-corrected chi connectivity index (χ3v) is 2.52. The van der Waals surface area contributed by atoms with Gasteiger partial charge in [0.1, 0.15) is 11.9 Å². The molecule has 1 fully saturated rings. The predicted octanol–water partition coefficient (Wildman–Crippen LogP) is 2.09. The van der Waals surface area contributed by atoms with E-state index in [-0.39, 0.29) is 18.2 Å². The van der Waals surface area contributed by atoms with Crippen LogP contribution in [0.2, 0.25) is 0 Å². The molecule has 0 unspecified atom stereocenters. The van der Waals surface area contributed by atoms with Crippen molar-refractivity contribution in [2.24, 2.45) is 0 Å². The Morgan fingerprint density at radius 1 is 1.29 bits per heavy atom. The van der Waals surface area contributed by atoms with Crippen LogP contribution < -0.4 is 4.74 Å². The summed E-state index contributed by atoms with van der Waals surface area (Å²) >= 11 is 0. The number of methoxy groups -OCH3 is 1. The van der Waals surface area contributed by atoms with Gasteiger partial charge in [-0.3, -0.25) is 0 Å². The Balaban J connectivity index is 1.95. The van der Waals surface area contributed by atoms with Crippen molar-refractivity contribution in [3.63, 3.8) is 0 Å². The summed E-state index contributed by atoms with van der Waals surface area (Å²) in [7, 11) is 1.62. The Bertz CT molecular complexity index is 396. The highest BCUT2D eigenvalue weighted by Gasteiger charge is 2.47.